The maximum atomic E-state index is 12.3. The monoisotopic (exact) mass is 282 g/mol. The molecule has 1 amide bonds. The van der Waals surface area contributed by atoms with Crippen LogP contribution in [0.25, 0.3) is 0 Å². The molecule has 5 heteroatoms. The van der Waals surface area contributed by atoms with Crippen LogP contribution in [-0.4, -0.2) is 41.1 Å². The first kappa shape index (κ1) is 14.5. The summed E-state index contributed by atoms with van der Waals surface area (Å²) in [7, 11) is 0. The third-order valence-corrected chi connectivity index (χ3v) is 4.52. The molecule has 0 unspecified atom stereocenters. The zero-order valence-corrected chi connectivity index (χ0v) is 12.9. The highest BCUT2D eigenvalue weighted by molar-refractivity contribution is 7.09. The number of thiazole rings is 1. The van der Waals surface area contributed by atoms with Crippen LogP contribution < -0.4 is 0 Å². The summed E-state index contributed by atoms with van der Waals surface area (Å²) in [5, 5.41) is 3.10. The number of rotatable bonds is 3. The highest BCUT2D eigenvalue weighted by atomic mass is 32.1. The fraction of sp³-hybridized carbons (Fsp3) is 0.714. The van der Waals surface area contributed by atoms with Gasteiger partial charge in [-0.3, -0.25) is 4.79 Å². The van der Waals surface area contributed by atoms with Crippen LogP contribution in [0.1, 0.15) is 44.3 Å². The van der Waals surface area contributed by atoms with Crippen LogP contribution in [0.2, 0.25) is 0 Å². The van der Waals surface area contributed by atoms with E-state index in [4.69, 9.17) is 4.74 Å². The molecule has 1 saturated heterocycles. The molecular formula is C14H22N2O2S. The lowest BCUT2D eigenvalue weighted by molar-refractivity contribution is -0.142. The van der Waals surface area contributed by atoms with Crippen molar-refractivity contribution in [2.24, 2.45) is 0 Å². The second-order valence-electron chi connectivity index (χ2n) is 5.55. The summed E-state index contributed by atoms with van der Waals surface area (Å²) >= 11 is 1.64. The normalized spacial score (nSPS) is 23.9. The van der Waals surface area contributed by atoms with Crippen LogP contribution in [0.15, 0.2) is 5.38 Å². The molecule has 1 aliphatic rings. The number of amides is 1. The van der Waals surface area contributed by atoms with Crippen LogP contribution >= 0.6 is 11.3 Å². The first-order valence-corrected chi connectivity index (χ1v) is 7.70. The molecule has 106 valence electrons. The van der Waals surface area contributed by atoms with Crippen LogP contribution in [0.5, 0.6) is 0 Å². The van der Waals surface area contributed by atoms with Gasteiger partial charge in [0.1, 0.15) is 0 Å². The van der Waals surface area contributed by atoms with E-state index in [2.05, 4.69) is 18.8 Å². The molecule has 0 saturated carbocycles. The van der Waals surface area contributed by atoms with E-state index in [1.165, 1.54) is 0 Å². The van der Waals surface area contributed by atoms with Gasteiger partial charge in [-0.15, -0.1) is 11.3 Å². The fourth-order valence-electron chi connectivity index (χ4n) is 2.18. The molecule has 2 heterocycles. The molecule has 0 spiro atoms. The Kier molecular flexibility index (Phi) is 4.58. The highest BCUT2D eigenvalue weighted by Crippen LogP contribution is 2.20. The summed E-state index contributed by atoms with van der Waals surface area (Å²) in [6, 6.07) is 0.159. The van der Waals surface area contributed by atoms with E-state index in [9.17, 15) is 4.79 Å². The predicted octanol–water partition coefficient (Wildman–Crippen LogP) is 2.44. The van der Waals surface area contributed by atoms with Crippen LogP contribution in [-0.2, 0) is 16.0 Å². The van der Waals surface area contributed by atoms with Crippen molar-refractivity contribution >= 4 is 17.2 Å². The van der Waals surface area contributed by atoms with Gasteiger partial charge >= 0.3 is 0 Å². The summed E-state index contributed by atoms with van der Waals surface area (Å²) in [4.78, 5) is 18.8. The minimum absolute atomic E-state index is 0.127. The molecule has 1 aromatic rings. The van der Waals surface area contributed by atoms with Gasteiger partial charge in [0, 0.05) is 17.8 Å². The van der Waals surface area contributed by atoms with Gasteiger partial charge < -0.3 is 9.64 Å². The molecule has 0 radical (unpaired) electrons. The minimum Gasteiger partial charge on any atom is -0.375 e. The predicted molar refractivity (Wildman–Crippen MR) is 76.5 cm³/mol. The maximum Gasteiger partial charge on any atom is 0.229 e. The molecule has 1 aromatic heterocycles. The Balaban J connectivity index is 1.99. The molecule has 2 atom stereocenters. The summed E-state index contributed by atoms with van der Waals surface area (Å²) in [6.45, 7) is 9.59. The SMILES string of the molecule is CC(C)c1nc(CC(=O)N2C[C@H](C)OC[C@H]2C)cs1. The maximum absolute atomic E-state index is 12.3. The van der Waals surface area contributed by atoms with Crippen molar-refractivity contribution in [3.63, 3.8) is 0 Å². The van der Waals surface area contributed by atoms with Crippen LogP contribution in [0.3, 0.4) is 0 Å². The Labute approximate surface area is 118 Å². The molecule has 19 heavy (non-hydrogen) atoms. The molecule has 0 aliphatic carbocycles. The molecular weight excluding hydrogens is 260 g/mol. The average molecular weight is 282 g/mol. The number of aromatic nitrogens is 1. The second kappa shape index (κ2) is 6.01. The van der Waals surface area contributed by atoms with E-state index >= 15 is 0 Å². The Bertz CT molecular complexity index is 444. The fourth-order valence-corrected chi connectivity index (χ4v) is 3.01. The molecule has 0 bridgehead atoms. The van der Waals surface area contributed by atoms with E-state index in [0.717, 1.165) is 10.7 Å². The van der Waals surface area contributed by atoms with Crippen molar-refractivity contribution < 1.29 is 9.53 Å². The Morgan fingerprint density at radius 2 is 2.32 bits per heavy atom. The van der Waals surface area contributed by atoms with Crippen molar-refractivity contribution in [3.8, 4) is 0 Å². The Morgan fingerprint density at radius 1 is 1.58 bits per heavy atom. The topological polar surface area (TPSA) is 42.4 Å². The van der Waals surface area contributed by atoms with Gasteiger partial charge in [-0.05, 0) is 13.8 Å². The third-order valence-electron chi connectivity index (χ3n) is 3.32. The lowest BCUT2D eigenvalue weighted by Crippen LogP contribution is -2.50. The van der Waals surface area contributed by atoms with Crippen LogP contribution in [0.4, 0.5) is 0 Å². The summed E-state index contributed by atoms with van der Waals surface area (Å²) in [5.74, 6) is 0.583. The van der Waals surface area contributed by atoms with E-state index in [-0.39, 0.29) is 18.1 Å². The first-order valence-electron chi connectivity index (χ1n) is 6.82. The highest BCUT2D eigenvalue weighted by Gasteiger charge is 2.27. The van der Waals surface area contributed by atoms with Crippen molar-refractivity contribution in [3.05, 3.63) is 16.1 Å². The molecule has 2 rings (SSSR count). The van der Waals surface area contributed by atoms with Crippen LogP contribution in [0, 0.1) is 0 Å². The van der Waals surface area contributed by atoms with Gasteiger partial charge in [0.2, 0.25) is 5.91 Å². The van der Waals surface area contributed by atoms with E-state index in [1.807, 2.05) is 24.1 Å². The van der Waals surface area contributed by atoms with Gasteiger partial charge in [0.25, 0.3) is 0 Å². The van der Waals surface area contributed by atoms with Crippen molar-refractivity contribution in [2.45, 2.75) is 52.2 Å². The third kappa shape index (κ3) is 3.54. The summed E-state index contributed by atoms with van der Waals surface area (Å²) in [6.07, 6.45) is 0.530. The van der Waals surface area contributed by atoms with E-state index in [0.29, 0.717) is 25.5 Å². The smallest absolute Gasteiger partial charge is 0.229 e. The van der Waals surface area contributed by atoms with Gasteiger partial charge in [-0.1, -0.05) is 13.8 Å². The van der Waals surface area contributed by atoms with Gasteiger partial charge in [0.15, 0.2) is 0 Å². The van der Waals surface area contributed by atoms with E-state index < -0.39 is 0 Å². The van der Waals surface area contributed by atoms with Crippen molar-refractivity contribution in [1.82, 2.24) is 9.88 Å². The number of hydrogen-bond acceptors (Lipinski definition) is 4. The number of carbonyl (C=O) groups is 1. The first-order chi connectivity index (χ1) is 8.97. The Morgan fingerprint density at radius 3 is 2.95 bits per heavy atom. The number of ether oxygens (including phenoxy) is 1. The lowest BCUT2D eigenvalue weighted by atomic mass is 10.1. The number of hydrogen-bond donors (Lipinski definition) is 0. The second-order valence-corrected chi connectivity index (χ2v) is 6.44. The number of carbonyl (C=O) groups excluding carboxylic acids is 1. The molecule has 1 aliphatic heterocycles. The molecule has 0 aromatic carbocycles. The molecule has 4 nitrogen and oxygen atoms in total. The number of morpholine rings is 1. The lowest BCUT2D eigenvalue weighted by Gasteiger charge is -2.36. The van der Waals surface area contributed by atoms with Crippen molar-refractivity contribution in [2.75, 3.05) is 13.2 Å². The minimum atomic E-state index is 0.127. The van der Waals surface area contributed by atoms with Crippen molar-refractivity contribution in [1.29, 1.82) is 0 Å². The summed E-state index contributed by atoms with van der Waals surface area (Å²) < 4.78 is 5.55. The zero-order valence-electron chi connectivity index (χ0n) is 12.0. The molecule has 0 N–H and O–H groups in total. The quantitative estimate of drug-likeness (QED) is 0.855. The zero-order chi connectivity index (χ0) is 14.0. The standard InChI is InChI=1S/C14H22N2O2S/c1-9(2)14-15-12(8-19-14)5-13(17)16-6-11(4)18-7-10(16)3/h8-11H,5-7H2,1-4H3/t10-,11+/m1/s1. The average Bonchev–Trinajstić information content (AvgIpc) is 2.80. The van der Waals surface area contributed by atoms with Gasteiger partial charge in [-0.2, -0.15) is 0 Å². The number of nitrogens with zero attached hydrogens (tertiary/aromatic N) is 2. The molecule has 1 fully saturated rings. The van der Waals surface area contributed by atoms with Gasteiger partial charge in [-0.25, -0.2) is 4.98 Å². The van der Waals surface area contributed by atoms with Gasteiger partial charge in [0.05, 0.1) is 35.9 Å². The largest absolute Gasteiger partial charge is 0.375 e. The Hall–Kier alpha value is -0.940. The van der Waals surface area contributed by atoms with E-state index in [1.54, 1.807) is 11.3 Å². The summed E-state index contributed by atoms with van der Waals surface area (Å²) in [5.41, 5.74) is 0.894.